The van der Waals surface area contributed by atoms with Crippen molar-refractivity contribution in [1.82, 2.24) is 15.1 Å². The minimum atomic E-state index is -0.278. The van der Waals surface area contributed by atoms with Gasteiger partial charge in [-0.15, -0.1) is 21.5 Å². The van der Waals surface area contributed by atoms with Gasteiger partial charge in [0.05, 0.1) is 5.75 Å². The second-order valence-corrected chi connectivity index (χ2v) is 9.03. The second-order valence-electron chi connectivity index (χ2n) is 5.79. The molecule has 0 atom stereocenters. The molecule has 1 N–H and O–H groups in total. The third kappa shape index (κ3) is 6.30. The number of carbonyl (C=O) groups is 1. The molecular weight excluding hydrogens is 403 g/mol. The lowest BCUT2D eigenvalue weighted by Gasteiger charge is -2.16. The van der Waals surface area contributed by atoms with Crippen molar-refractivity contribution >= 4 is 45.5 Å². The van der Waals surface area contributed by atoms with Crippen LogP contribution in [0.5, 0.6) is 0 Å². The third-order valence-electron chi connectivity index (χ3n) is 3.71. The van der Waals surface area contributed by atoms with E-state index in [0.29, 0.717) is 12.3 Å². The zero-order valence-corrected chi connectivity index (χ0v) is 17.2. The van der Waals surface area contributed by atoms with E-state index in [4.69, 9.17) is 0 Å². The molecule has 1 aromatic carbocycles. The zero-order chi connectivity index (χ0) is 19.1. The van der Waals surface area contributed by atoms with Gasteiger partial charge < -0.3 is 10.2 Å². The lowest BCUT2D eigenvalue weighted by molar-refractivity contribution is -0.127. The third-order valence-corrected chi connectivity index (χ3v) is 6.65. The molecule has 0 saturated heterocycles. The Balaban J connectivity index is 1.40. The largest absolute Gasteiger partial charge is 0.360 e. The molecule has 2 heterocycles. The van der Waals surface area contributed by atoms with Crippen molar-refractivity contribution in [2.75, 3.05) is 24.7 Å². The summed E-state index contributed by atoms with van der Waals surface area (Å²) in [6.07, 6.45) is 0.951. The number of benzene rings is 1. The van der Waals surface area contributed by atoms with Crippen molar-refractivity contribution in [3.63, 3.8) is 0 Å². The van der Waals surface area contributed by atoms with Gasteiger partial charge >= 0.3 is 0 Å². The van der Waals surface area contributed by atoms with Crippen molar-refractivity contribution < 1.29 is 9.18 Å². The van der Waals surface area contributed by atoms with Crippen molar-refractivity contribution in [2.24, 2.45) is 0 Å². The fourth-order valence-electron chi connectivity index (χ4n) is 2.27. The zero-order valence-electron chi connectivity index (χ0n) is 14.7. The number of anilines is 1. The molecule has 0 unspecified atom stereocenters. The topological polar surface area (TPSA) is 58.1 Å². The first-order chi connectivity index (χ1) is 13.1. The highest BCUT2D eigenvalue weighted by molar-refractivity contribution is 8.01. The summed E-state index contributed by atoms with van der Waals surface area (Å²) in [6, 6.07) is 10.3. The Morgan fingerprint density at radius 2 is 2.07 bits per heavy atom. The molecule has 0 radical (unpaired) electrons. The average molecular weight is 423 g/mol. The molecule has 27 heavy (non-hydrogen) atoms. The predicted octanol–water partition coefficient (Wildman–Crippen LogP) is 4.14. The summed E-state index contributed by atoms with van der Waals surface area (Å²) < 4.78 is 13.7. The molecule has 5 nitrogen and oxygen atoms in total. The van der Waals surface area contributed by atoms with Crippen molar-refractivity contribution in [3.05, 3.63) is 58.0 Å². The summed E-state index contributed by atoms with van der Waals surface area (Å²) in [7, 11) is 1.74. The van der Waals surface area contributed by atoms with Crippen LogP contribution in [0.3, 0.4) is 0 Å². The lowest BCUT2D eigenvalue weighted by atomic mass is 10.2. The molecule has 0 aliphatic heterocycles. The fraction of sp³-hybridized carbons (Fsp3) is 0.278. The van der Waals surface area contributed by atoms with Crippen LogP contribution in [-0.4, -0.2) is 40.3 Å². The van der Waals surface area contributed by atoms with Crippen LogP contribution >= 0.6 is 34.4 Å². The van der Waals surface area contributed by atoms with Crippen LogP contribution in [0.2, 0.25) is 0 Å². The number of nitrogens with zero attached hydrogens (tertiary/aromatic N) is 3. The Bertz CT molecular complexity index is 852. The maximum Gasteiger partial charge on any atom is 0.233 e. The monoisotopic (exact) mass is 422 g/mol. The second kappa shape index (κ2) is 9.82. The van der Waals surface area contributed by atoms with Crippen LogP contribution in [0.25, 0.3) is 0 Å². The van der Waals surface area contributed by atoms with Crippen LogP contribution < -0.4 is 5.32 Å². The van der Waals surface area contributed by atoms with Gasteiger partial charge in [0.25, 0.3) is 0 Å². The van der Waals surface area contributed by atoms with Crippen LogP contribution in [0.15, 0.2) is 46.1 Å². The molecule has 0 bridgehead atoms. The molecule has 0 saturated carbocycles. The summed E-state index contributed by atoms with van der Waals surface area (Å²) in [5, 5.41) is 14.3. The molecule has 1 amide bonds. The molecule has 0 aliphatic carbocycles. The van der Waals surface area contributed by atoms with E-state index in [9.17, 15) is 9.18 Å². The normalized spacial score (nSPS) is 10.7. The molecule has 9 heteroatoms. The molecule has 0 fully saturated rings. The summed E-state index contributed by atoms with van der Waals surface area (Å²) in [6.45, 7) is 1.25. The lowest BCUT2D eigenvalue weighted by Crippen LogP contribution is -2.27. The number of nitrogens with one attached hydrogen (secondary N) is 1. The van der Waals surface area contributed by atoms with Crippen LogP contribution in [0.4, 0.5) is 9.52 Å². The number of hydrogen-bond acceptors (Lipinski definition) is 7. The van der Waals surface area contributed by atoms with Gasteiger partial charge in [-0.2, -0.15) is 0 Å². The Kier molecular flexibility index (Phi) is 7.19. The first-order valence-corrected chi connectivity index (χ1v) is 11.0. The average Bonchev–Trinajstić information content (AvgIpc) is 3.34. The summed E-state index contributed by atoms with van der Waals surface area (Å²) in [4.78, 5) is 15.2. The van der Waals surface area contributed by atoms with E-state index in [1.54, 1.807) is 35.4 Å². The Morgan fingerprint density at radius 3 is 2.81 bits per heavy atom. The van der Waals surface area contributed by atoms with Crippen LogP contribution in [0.1, 0.15) is 10.4 Å². The van der Waals surface area contributed by atoms with Crippen molar-refractivity contribution in [2.45, 2.75) is 17.3 Å². The van der Waals surface area contributed by atoms with E-state index < -0.39 is 0 Å². The van der Waals surface area contributed by atoms with Crippen LogP contribution in [-0.2, 0) is 17.8 Å². The molecule has 3 aromatic rings. The van der Waals surface area contributed by atoms with Gasteiger partial charge in [0, 0.05) is 25.0 Å². The Morgan fingerprint density at radius 1 is 1.26 bits per heavy atom. The number of aromatic nitrogens is 2. The highest BCUT2D eigenvalue weighted by Gasteiger charge is 2.12. The minimum absolute atomic E-state index is 0.00766. The highest BCUT2D eigenvalue weighted by Crippen LogP contribution is 2.25. The van der Waals surface area contributed by atoms with Gasteiger partial charge in [0.15, 0.2) is 4.34 Å². The molecule has 3 rings (SSSR count). The maximum absolute atomic E-state index is 12.9. The molecule has 0 spiro atoms. The number of hydrogen-bond donors (Lipinski definition) is 1. The van der Waals surface area contributed by atoms with Gasteiger partial charge in [-0.25, -0.2) is 4.39 Å². The van der Waals surface area contributed by atoms with Gasteiger partial charge in [-0.1, -0.05) is 41.3 Å². The molecule has 142 valence electrons. The highest BCUT2D eigenvalue weighted by atomic mass is 32.2. The summed E-state index contributed by atoms with van der Waals surface area (Å²) in [5.74, 6) is 0.00715. The van der Waals surface area contributed by atoms with E-state index in [-0.39, 0.29) is 11.7 Å². The van der Waals surface area contributed by atoms with E-state index in [1.165, 1.54) is 40.1 Å². The predicted molar refractivity (Wildman–Crippen MR) is 110 cm³/mol. The van der Waals surface area contributed by atoms with Crippen LogP contribution in [0, 0.1) is 5.82 Å². The van der Waals surface area contributed by atoms with E-state index in [1.807, 2.05) is 6.07 Å². The maximum atomic E-state index is 12.9. The quantitative estimate of drug-likeness (QED) is 0.525. The minimum Gasteiger partial charge on any atom is -0.360 e. The number of thioether (sulfide) groups is 1. The smallest absolute Gasteiger partial charge is 0.233 e. The van der Waals surface area contributed by atoms with Gasteiger partial charge in [0.2, 0.25) is 11.0 Å². The van der Waals surface area contributed by atoms with Gasteiger partial charge in [0.1, 0.15) is 5.82 Å². The summed E-state index contributed by atoms with van der Waals surface area (Å²) >= 11 is 4.57. The van der Waals surface area contributed by atoms with Crippen molar-refractivity contribution in [1.29, 1.82) is 0 Å². The number of thiophene rings is 1. The van der Waals surface area contributed by atoms with Gasteiger partial charge in [-0.05, 0) is 35.6 Å². The first-order valence-electron chi connectivity index (χ1n) is 8.31. The number of amides is 1. The SMILES string of the molecule is CN(Cc1ccc(F)cc1)C(=O)CSc1nnc(NCCc2cccs2)s1. The van der Waals surface area contributed by atoms with Crippen molar-refractivity contribution in [3.8, 4) is 0 Å². The van der Waals surface area contributed by atoms with E-state index in [2.05, 4.69) is 27.0 Å². The van der Waals surface area contributed by atoms with Gasteiger partial charge in [-0.3, -0.25) is 4.79 Å². The molecule has 0 aliphatic rings. The van der Waals surface area contributed by atoms with E-state index >= 15 is 0 Å². The number of rotatable bonds is 9. The molecular formula is C18H19FN4OS3. The van der Waals surface area contributed by atoms with E-state index in [0.717, 1.165) is 28.0 Å². The first kappa shape index (κ1) is 19.8. The summed E-state index contributed by atoms with van der Waals surface area (Å²) in [5.41, 5.74) is 0.894. The Hall–Kier alpha value is -1.97. The standard InChI is InChI=1S/C18H19FN4OS3/c1-23(11-13-4-6-14(19)7-5-13)16(24)12-26-18-22-21-17(27-18)20-9-8-15-3-2-10-25-15/h2-7,10H,8-9,11-12H2,1H3,(H,20,21). The Labute approximate surface area is 169 Å². The number of halogens is 1. The fourth-order valence-corrected chi connectivity index (χ4v) is 4.70. The number of carbonyl (C=O) groups excluding carboxylic acids is 1. The molecule has 2 aromatic heterocycles.